The van der Waals surface area contributed by atoms with Crippen molar-refractivity contribution in [1.82, 2.24) is 18.7 Å². The second kappa shape index (κ2) is 17.6. The molecule has 0 amide bonds. The van der Waals surface area contributed by atoms with Gasteiger partial charge in [-0.2, -0.15) is 18.7 Å². The summed E-state index contributed by atoms with van der Waals surface area (Å²) < 4.78 is 6.98. The molecule has 2 aliphatic rings. The first-order chi connectivity index (χ1) is 29.5. The van der Waals surface area contributed by atoms with Gasteiger partial charge in [-0.25, -0.2) is 0 Å². The van der Waals surface area contributed by atoms with E-state index in [2.05, 4.69) is 72.8 Å². The fourth-order valence-electron chi connectivity index (χ4n) is 9.79. The predicted molar refractivity (Wildman–Crippen MR) is 258 cm³/mol. The minimum Gasteiger partial charge on any atom is -0.358 e. The predicted octanol–water partition coefficient (Wildman–Crippen LogP) is 8.83. The number of hydrogen-bond acceptors (Lipinski definition) is 4. The maximum absolute atomic E-state index is 15.0. The van der Waals surface area contributed by atoms with E-state index < -0.39 is 39.0 Å². The van der Waals surface area contributed by atoms with E-state index in [4.69, 9.17) is 0 Å². The normalized spacial score (nSPS) is 19.6. The van der Waals surface area contributed by atoms with Gasteiger partial charge in [0.2, 0.25) is 0 Å². The summed E-state index contributed by atoms with van der Waals surface area (Å²) in [6.07, 6.45) is 0. The van der Waals surface area contributed by atoms with Gasteiger partial charge in [-0.1, -0.05) is 158 Å². The van der Waals surface area contributed by atoms with Crippen LogP contribution in [0.4, 0.5) is 0 Å². The zero-order valence-corrected chi connectivity index (χ0v) is 38.2. The maximum Gasteiger partial charge on any atom is 2.00 e. The van der Waals surface area contributed by atoms with Crippen LogP contribution in [-0.2, 0) is 19.5 Å². The zero-order chi connectivity index (χ0) is 40.5. The fraction of sp³-hybridized carbons (Fsp3) is 0.0769. The second-order valence-electron chi connectivity index (χ2n) is 15.4. The molecule has 0 saturated heterocycles. The number of rotatable bonds is 6. The van der Waals surface area contributed by atoms with Crippen LogP contribution in [0.25, 0.3) is 21.5 Å². The summed E-state index contributed by atoms with van der Waals surface area (Å²) in [7, 11) is -4.18. The van der Waals surface area contributed by atoms with E-state index in [9.17, 15) is 0 Å². The van der Waals surface area contributed by atoms with Crippen LogP contribution >= 0.6 is 15.8 Å². The average molecular weight is 954 g/mol. The van der Waals surface area contributed by atoms with Crippen molar-refractivity contribution in [3.63, 3.8) is 0 Å². The first kappa shape index (κ1) is 43.5. The molecule has 4 heterocycles. The second-order valence-corrected chi connectivity index (χ2v) is 20.5. The zero-order valence-electron chi connectivity index (χ0n) is 34.5. The summed E-state index contributed by atoms with van der Waals surface area (Å²) in [4.78, 5) is 60.1. The Labute approximate surface area is 380 Å². The van der Waals surface area contributed by atoms with Crippen LogP contribution in [0.15, 0.2) is 213 Å². The topological polar surface area (TPSA) is 88.0 Å². The smallest absolute Gasteiger partial charge is 0.358 e. The van der Waals surface area contributed by atoms with Crippen LogP contribution in [0, 0.1) is 14.9 Å². The SMILES string of the molecule is O=c1c2ccccc2c(=O)n2n1C(c1ccccc1)[PH+](c1ccccc1[PH+]1C(c3ccccc3)n3c(=O)c4ccccc4c(=O)n3[C@@H]1c1ccccc1)[C@H]2c1ccccc1.[CH3-].[CH3-].[Rh+2]. The van der Waals surface area contributed by atoms with Crippen molar-refractivity contribution in [2.75, 3.05) is 0 Å². The number of aromatic nitrogens is 4. The summed E-state index contributed by atoms with van der Waals surface area (Å²) in [5.74, 6) is -1.96. The molecule has 9 aromatic rings. The van der Waals surface area contributed by atoms with Crippen LogP contribution in [-0.4, -0.2) is 18.7 Å². The molecule has 313 valence electrons. The molecule has 2 aliphatic heterocycles. The third-order valence-corrected chi connectivity index (χ3v) is 19.3. The molecule has 8 nitrogen and oxygen atoms in total. The first-order valence-electron chi connectivity index (χ1n) is 20.1. The van der Waals surface area contributed by atoms with Crippen LogP contribution in [0.2, 0.25) is 0 Å². The Bertz CT molecular complexity index is 2930. The molecule has 7 aromatic carbocycles. The molecule has 0 saturated carbocycles. The molecule has 0 bridgehead atoms. The Morgan fingerprint density at radius 1 is 0.286 bits per heavy atom. The van der Waals surface area contributed by atoms with E-state index in [1.165, 1.54) is 0 Å². The maximum atomic E-state index is 15.0. The molecule has 0 fully saturated rings. The van der Waals surface area contributed by atoms with Crippen molar-refractivity contribution in [3.8, 4) is 0 Å². The molecular formula is C52H44N4O4P2Rh+2. The molecule has 11 rings (SSSR count). The Balaban J connectivity index is 0.00000181. The monoisotopic (exact) mass is 953 g/mol. The van der Waals surface area contributed by atoms with E-state index in [0.717, 1.165) is 32.9 Å². The summed E-state index contributed by atoms with van der Waals surface area (Å²) >= 11 is 0. The van der Waals surface area contributed by atoms with E-state index in [-0.39, 0.29) is 56.6 Å². The van der Waals surface area contributed by atoms with Gasteiger partial charge in [0.1, 0.15) is 10.6 Å². The molecule has 1 radical (unpaired) electrons. The van der Waals surface area contributed by atoms with Crippen molar-refractivity contribution in [2.24, 2.45) is 0 Å². The van der Waals surface area contributed by atoms with Gasteiger partial charge >= 0.3 is 19.5 Å². The molecule has 0 N–H and O–H groups in total. The summed E-state index contributed by atoms with van der Waals surface area (Å²) in [6, 6.07) is 63.0. The molecule has 4 unspecified atom stereocenters. The van der Waals surface area contributed by atoms with E-state index >= 15 is 19.2 Å². The quantitative estimate of drug-likeness (QED) is 0.0948. The number of benzene rings is 7. The summed E-state index contributed by atoms with van der Waals surface area (Å²) in [6.45, 7) is 0. The van der Waals surface area contributed by atoms with E-state index in [1.807, 2.05) is 97.1 Å². The van der Waals surface area contributed by atoms with Gasteiger partial charge in [0, 0.05) is 22.3 Å². The standard InChI is InChI=1S/C50H36N4O4P2.2CH3.Rh/c55-43-37-27-13-14-28-38(37)44(56)52-48(34-21-7-2-8-22-34)59(47(51(43)52)33-19-5-1-6-20-33)41-31-17-18-32-42(41)60-49(35-23-9-3-10-24-35)53-45(57)39-29-15-16-30-40(39)46(58)54(53)50(60)36-25-11-4-12-26-36;;;/h1-32,47-50H;2*1H3;/q;2*-1;+2/p+2/t47-,48?,49-,50?,59?,60?;;;/m0.../s1. The Kier molecular flexibility index (Phi) is 12.2. The number of nitrogens with zero attached hydrogens (tertiary/aromatic N) is 4. The third kappa shape index (κ3) is 6.77. The average Bonchev–Trinajstić information content (AvgIpc) is 3.87. The largest absolute Gasteiger partial charge is 2.00 e. The number of fused-ring (bicyclic) bond motifs is 4. The third-order valence-electron chi connectivity index (χ3n) is 12.2. The van der Waals surface area contributed by atoms with Gasteiger partial charge in [-0.3, -0.25) is 19.2 Å². The molecule has 2 aromatic heterocycles. The Hall–Kier alpha value is -6.10. The van der Waals surface area contributed by atoms with Crippen molar-refractivity contribution in [2.45, 2.75) is 23.1 Å². The molecule has 6 atom stereocenters. The van der Waals surface area contributed by atoms with Gasteiger partial charge in [0.25, 0.3) is 22.2 Å². The molecule has 63 heavy (non-hydrogen) atoms. The van der Waals surface area contributed by atoms with Crippen molar-refractivity contribution >= 4 is 48.0 Å². The van der Waals surface area contributed by atoms with Crippen LogP contribution in [0.3, 0.4) is 0 Å². The first-order valence-corrected chi connectivity index (χ1v) is 23.4. The Morgan fingerprint density at radius 3 is 0.698 bits per heavy atom. The molecular weight excluding hydrogens is 909 g/mol. The fourth-order valence-corrected chi connectivity index (χ4v) is 18.0. The van der Waals surface area contributed by atoms with Crippen LogP contribution in [0.1, 0.15) is 45.4 Å². The van der Waals surface area contributed by atoms with Gasteiger partial charge in [-0.05, 0) is 36.4 Å². The van der Waals surface area contributed by atoms with E-state index in [1.54, 1.807) is 43.0 Å². The summed E-state index contributed by atoms with van der Waals surface area (Å²) in [5.41, 5.74) is 2.90. The number of hydrogen-bond donors (Lipinski definition) is 0. The van der Waals surface area contributed by atoms with Crippen LogP contribution in [0.5, 0.6) is 0 Å². The van der Waals surface area contributed by atoms with Gasteiger partial charge < -0.3 is 14.9 Å². The van der Waals surface area contributed by atoms with Crippen molar-refractivity contribution in [1.29, 1.82) is 0 Å². The van der Waals surface area contributed by atoms with Gasteiger partial charge in [0.15, 0.2) is 23.1 Å². The summed E-state index contributed by atoms with van der Waals surface area (Å²) in [5, 5.41) is 3.69. The minimum absolute atomic E-state index is 0. The van der Waals surface area contributed by atoms with E-state index in [0.29, 0.717) is 21.5 Å². The van der Waals surface area contributed by atoms with Crippen LogP contribution < -0.4 is 32.8 Å². The molecule has 0 aliphatic carbocycles. The Morgan fingerprint density at radius 2 is 0.476 bits per heavy atom. The van der Waals surface area contributed by atoms with Gasteiger partial charge in [-0.15, -0.1) is 0 Å². The minimum atomic E-state index is -2.09. The molecule has 11 heteroatoms. The van der Waals surface area contributed by atoms with Crippen molar-refractivity contribution < 1.29 is 19.5 Å². The van der Waals surface area contributed by atoms with Crippen molar-refractivity contribution in [3.05, 3.63) is 273 Å². The van der Waals surface area contributed by atoms with Gasteiger partial charge in [0.05, 0.1) is 37.4 Å². The molecule has 0 spiro atoms.